The van der Waals surface area contributed by atoms with Crippen LogP contribution in [0.5, 0.6) is 0 Å². The second-order valence-electron chi connectivity index (χ2n) is 3.42. The lowest BCUT2D eigenvalue weighted by Gasteiger charge is -2.08. The molecule has 2 aromatic heterocycles. The number of thiophene rings is 1. The Bertz CT molecular complexity index is 598. The van der Waals surface area contributed by atoms with Gasteiger partial charge in [0.1, 0.15) is 5.69 Å². The van der Waals surface area contributed by atoms with E-state index in [1.807, 2.05) is 13.0 Å². The summed E-state index contributed by atoms with van der Waals surface area (Å²) in [5.41, 5.74) is 0.269. The van der Waals surface area contributed by atoms with Gasteiger partial charge in [-0.3, -0.25) is 0 Å². The van der Waals surface area contributed by atoms with Crippen molar-refractivity contribution in [2.75, 3.05) is 0 Å². The Morgan fingerprint density at radius 2 is 2.12 bits per heavy atom. The maximum Gasteiger partial charge on any atom is 0.431 e. The standard InChI is InChI=1S/C10H7F3N2S2/c1-5-2-3-17-8(5)6-4-7(10(11,12)13)15-9(16)14-6/h2-4H,1H3,(H,14,15,16). The van der Waals surface area contributed by atoms with E-state index in [1.54, 1.807) is 5.38 Å². The molecule has 2 aromatic rings. The maximum absolute atomic E-state index is 12.6. The van der Waals surface area contributed by atoms with E-state index in [1.165, 1.54) is 11.3 Å². The third kappa shape index (κ3) is 2.55. The highest BCUT2D eigenvalue weighted by atomic mass is 32.1. The van der Waals surface area contributed by atoms with Gasteiger partial charge < -0.3 is 4.98 Å². The molecule has 0 saturated carbocycles. The predicted octanol–water partition coefficient (Wildman–Crippen LogP) is 4.19. The Morgan fingerprint density at radius 3 is 2.65 bits per heavy atom. The van der Waals surface area contributed by atoms with Crippen LogP contribution in [0.25, 0.3) is 10.6 Å². The van der Waals surface area contributed by atoms with Crippen molar-refractivity contribution in [1.82, 2.24) is 9.97 Å². The van der Waals surface area contributed by atoms with Gasteiger partial charge in [0.05, 0.1) is 10.6 Å². The molecule has 0 aliphatic carbocycles. The van der Waals surface area contributed by atoms with Crippen LogP contribution in [0.1, 0.15) is 11.3 Å². The Balaban J connectivity index is 2.61. The second-order valence-corrected chi connectivity index (χ2v) is 4.72. The lowest BCUT2D eigenvalue weighted by molar-refractivity contribution is -0.141. The summed E-state index contributed by atoms with van der Waals surface area (Å²) < 4.78 is 37.6. The highest BCUT2D eigenvalue weighted by Gasteiger charge is 2.32. The van der Waals surface area contributed by atoms with E-state index < -0.39 is 11.9 Å². The highest BCUT2D eigenvalue weighted by molar-refractivity contribution is 7.71. The van der Waals surface area contributed by atoms with Crippen LogP contribution in [0.2, 0.25) is 0 Å². The molecular formula is C10H7F3N2S2. The minimum atomic E-state index is -4.45. The molecule has 0 atom stereocenters. The fourth-order valence-corrected chi connectivity index (χ4v) is 2.46. The quantitative estimate of drug-likeness (QED) is 0.791. The van der Waals surface area contributed by atoms with E-state index in [0.29, 0.717) is 4.88 Å². The molecule has 0 amide bonds. The van der Waals surface area contributed by atoms with Gasteiger partial charge in [0.15, 0.2) is 4.77 Å². The summed E-state index contributed by atoms with van der Waals surface area (Å²) in [6.07, 6.45) is -4.45. The number of nitrogens with one attached hydrogen (secondary N) is 1. The fraction of sp³-hybridized carbons (Fsp3) is 0.200. The van der Waals surface area contributed by atoms with E-state index in [4.69, 9.17) is 12.2 Å². The van der Waals surface area contributed by atoms with E-state index in [2.05, 4.69) is 9.97 Å². The molecule has 0 radical (unpaired) electrons. The molecule has 7 heteroatoms. The van der Waals surface area contributed by atoms with Crippen LogP contribution < -0.4 is 0 Å². The van der Waals surface area contributed by atoms with Gasteiger partial charge >= 0.3 is 6.18 Å². The molecule has 2 rings (SSSR count). The van der Waals surface area contributed by atoms with Gasteiger partial charge in [-0.1, -0.05) is 0 Å². The van der Waals surface area contributed by atoms with Crippen molar-refractivity contribution in [3.05, 3.63) is 33.5 Å². The van der Waals surface area contributed by atoms with Gasteiger partial charge in [-0.05, 0) is 42.2 Å². The van der Waals surface area contributed by atoms with Gasteiger partial charge in [-0.25, -0.2) is 4.98 Å². The average molecular weight is 276 g/mol. The zero-order valence-corrected chi connectivity index (χ0v) is 10.3. The van der Waals surface area contributed by atoms with Crippen molar-refractivity contribution in [3.8, 4) is 10.6 Å². The Morgan fingerprint density at radius 1 is 1.41 bits per heavy atom. The molecule has 0 aliphatic rings. The largest absolute Gasteiger partial charge is 0.431 e. The first kappa shape index (κ1) is 12.3. The number of alkyl halides is 3. The molecule has 0 bridgehead atoms. The van der Waals surface area contributed by atoms with Gasteiger partial charge in [-0.2, -0.15) is 13.2 Å². The highest BCUT2D eigenvalue weighted by Crippen LogP contribution is 2.32. The van der Waals surface area contributed by atoms with Gasteiger partial charge in [0.25, 0.3) is 0 Å². The van der Waals surface area contributed by atoms with E-state index >= 15 is 0 Å². The number of aryl methyl sites for hydroxylation is 1. The third-order valence-electron chi connectivity index (χ3n) is 2.14. The second kappa shape index (κ2) is 4.23. The summed E-state index contributed by atoms with van der Waals surface area (Å²) >= 11 is 6.05. The Kier molecular flexibility index (Phi) is 3.05. The zero-order valence-electron chi connectivity index (χ0n) is 8.63. The molecule has 0 fully saturated rings. The first-order valence-electron chi connectivity index (χ1n) is 4.61. The SMILES string of the molecule is Cc1ccsc1-c1cc(C(F)(F)F)[nH]c(=S)n1. The van der Waals surface area contributed by atoms with Crippen molar-refractivity contribution >= 4 is 23.6 Å². The van der Waals surface area contributed by atoms with Gasteiger partial charge in [0.2, 0.25) is 0 Å². The molecule has 17 heavy (non-hydrogen) atoms. The van der Waals surface area contributed by atoms with Crippen molar-refractivity contribution in [1.29, 1.82) is 0 Å². The smallest absolute Gasteiger partial charge is 0.327 e. The van der Waals surface area contributed by atoms with Crippen LogP contribution in [0.3, 0.4) is 0 Å². The normalized spacial score (nSPS) is 11.8. The number of hydrogen-bond donors (Lipinski definition) is 1. The molecular weight excluding hydrogens is 269 g/mol. The average Bonchev–Trinajstić information content (AvgIpc) is 2.62. The molecule has 0 aliphatic heterocycles. The molecule has 0 unspecified atom stereocenters. The number of H-pyrrole nitrogens is 1. The summed E-state index contributed by atoms with van der Waals surface area (Å²) in [5.74, 6) is 0. The number of aromatic nitrogens is 2. The summed E-state index contributed by atoms with van der Waals surface area (Å²) in [6.45, 7) is 1.82. The monoisotopic (exact) mass is 276 g/mol. The van der Waals surface area contributed by atoms with Gasteiger partial charge in [0, 0.05) is 0 Å². The van der Waals surface area contributed by atoms with E-state index in [0.717, 1.165) is 11.6 Å². The van der Waals surface area contributed by atoms with Crippen molar-refractivity contribution in [2.45, 2.75) is 13.1 Å². The molecule has 2 heterocycles. The minimum absolute atomic E-state index is 0.164. The van der Waals surface area contributed by atoms with Gasteiger partial charge in [-0.15, -0.1) is 11.3 Å². The lowest BCUT2D eigenvalue weighted by Crippen LogP contribution is -2.09. The topological polar surface area (TPSA) is 28.7 Å². The first-order chi connectivity index (χ1) is 7.88. The number of halogens is 3. The van der Waals surface area contributed by atoms with E-state index in [-0.39, 0.29) is 10.5 Å². The molecule has 2 nitrogen and oxygen atoms in total. The Labute approximate surface area is 104 Å². The molecule has 0 saturated heterocycles. The van der Waals surface area contributed by atoms with Crippen LogP contribution in [0, 0.1) is 11.7 Å². The lowest BCUT2D eigenvalue weighted by atomic mass is 10.2. The van der Waals surface area contributed by atoms with Crippen molar-refractivity contribution in [2.24, 2.45) is 0 Å². The summed E-state index contributed by atoms with van der Waals surface area (Å²) in [7, 11) is 0. The van der Waals surface area contributed by atoms with Crippen LogP contribution in [0.15, 0.2) is 17.5 Å². The number of nitrogens with zero attached hydrogens (tertiary/aromatic N) is 1. The third-order valence-corrected chi connectivity index (χ3v) is 3.38. The number of hydrogen-bond acceptors (Lipinski definition) is 3. The van der Waals surface area contributed by atoms with Crippen LogP contribution in [0.4, 0.5) is 13.2 Å². The fourth-order valence-electron chi connectivity index (χ4n) is 1.36. The van der Waals surface area contributed by atoms with Crippen LogP contribution in [-0.2, 0) is 6.18 Å². The van der Waals surface area contributed by atoms with Crippen molar-refractivity contribution in [3.63, 3.8) is 0 Å². The zero-order chi connectivity index (χ0) is 12.6. The summed E-state index contributed by atoms with van der Waals surface area (Å²) in [4.78, 5) is 6.68. The van der Waals surface area contributed by atoms with Crippen molar-refractivity contribution < 1.29 is 13.2 Å². The predicted molar refractivity (Wildman–Crippen MR) is 62.5 cm³/mol. The van der Waals surface area contributed by atoms with E-state index in [9.17, 15) is 13.2 Å². The molecule has 0 spiro atoms. The maximum atomic E-state index is 12.6. The van der Waals surface area contributed by atoms with Crippen LogP contribution >= 0.6 is 23.6 Å². The molecule has 1 N–H and O–H groups in total. The Hall–Kier alpha value is -1.21. The number of rotatable bonds is 1. The molecule has 90 valence electrons. The summed E-state index contributed by atoms with van der Waals surface area (Å²) in [6, 6.07) is 2.81. The minimum Gasteiger partial charge on any atom is -0.327 e. The number of aromatic amines is 1. The molecule has 0 aromatic carbocycles. The first-order valence-corrected chi connectivity index (χ1v) is 5.90. The summed E-state index contributed by atoms with van der Waals surface area (Å²) in [5, 5.41) is 1.80. The van der Waals surface area contributed by atoms with Crippen LogP contribution in [-0.4, -0.2) is 9.97 Å².